The fraction of sp³-hybridized carbons (Fsp3) is 0.571. The largest absolute Gasteiger partial charge is 0.388 e. The van der Waals surface area contributed by atoms with Crippen LogP contribution in [0, 0.1) is 4.77 Å². The zero-order valence-corrected chi connectivity index (χ0v) is 8.60. The van der Waals surface area contributed by atoms with E-state index in [9.17, 15) is 4.79 Å². The molecular weight excluding hydrogens is 204 g/mol. The molecule has 0 aromatic carbocycles. The van der Waals surface area contributed by atoms with E-state index in [-0.39, 0.29) is 12.5 Å². The second-order valence-electron chi connectivity index (χ2n) is 2.74. The van der Waals surface area contributed by atoms with Gasteiger partial charge >= 0.3 is 0 Å². The number of carbonyl (C=O) groups excluding carboxylic acids is 1. The molecule has 0 aliphatic heterocycles. The van der Waals surface area contributed by atoms with E-state index in [1.165, 1.54) is 6.92 Å². The van der Waals surface area contributed by atoms with Crippen LogP contribution in [0.25, 0.3) is 0 Å². The minimum absolute atomic E-state index is 0.0921. The molecule has 1 rings (SSSR count). The number of aromatic amines is 1. The fourth-order valence-electron chi connectivity index (χ4n) is 1.05. The molecule has 0 fully saturated rings. The van der Waals surface area contributed by atoms with Gasteiger partial charge < -0.3 is 15.0 Å². The van der Waals surface area contributed by atoms with Crippen molar-refractivity contribution in [2.24, 2.45) is 0 Å². The van der Waals surface area contributed by atoms with Crippen LogP contribution in [0.1, 0.15) is 12.7 Å². The number of amides is 1. The first kappa shape index (κ1) is 10.9. The zero-order chi connectivity index (χ0) is 10.6. The first-order valence-corrected chi connectivity index (χ1v) is 4.55. The SMILES string of the molecule is CC(=O)NCCn1c(CO)n[nH]c1=S. The van der Waals surface area contributed by atoms with Crippen molar-refractivity contribution in [2.75, 3.05) is 6.54 Å². The van der Waals surface area contributed by atoms with E-state index in [0.717, 1.165) is 0 Å². The summed E-state index contributed by atoms with van der Waals surface area (Å²) in [5, 5.41) is 17.9. The third-order valence-corrected chi connectivity index (χ3v) is 2.00. The van der Waals surface area contributed by atoms with Gasteiger partial charge in [0.25, 0.3) is 0 Å². The predicted octanol–water partition coefficient (Wildman–Crippen LogP) is -0.431. The summed E-state index contributed by atoms with van der Waals surface area (Å²) in [6.45, 7) is 2.25. The Bertz CT molecular complexity index is 370. The van der Waals surface area contributed by atoms with Gasteiger partial charge in [0.1, 0.15) is 6.61 Å². The van der Waals surface area contributed by atoms with Crippen LogP contribution in [-0.2, 0) is 17.9 Å². The predicted molar refractivity (Wildman–Crippen MR) is 52.0 cm³/mol. The zero-order valence-electron chi connectivity index (χ0n) is 7.78. The molecule has 0 spiro atoms. The number of rotatable bonds is 4. The molecule has 1 aromatic heterocycles. The van der Waals surface area contributed by atoms with Gasteiger partial charge in [-0.3, -0.25) is 9.89 Å². The maximum Gasteiger partial charge on any atom is 0.216 e. The Morgan fingerprint density at radius 2 is 2.50 bits per heavy atom. The van der Waals surface area contributed by atoms with Gasteiger partial charge in [0.05, 0.1) is 0 Å². The standard InChI is InChI=1S/C7H12N4O2S/c1-5(13)8-2-3-11-6(4-12)9-10-7(11)14/h12H,2-4H2,1H3,(H,8,13)(H,10,14). The average molecular weight is 216 g/mol. The Hall–Kier alpha value is -1.21. The molecule has 0 aliphatic rings. The van der Waals surface area contributed by atoms with Crippen molar-refractivity contribution in [3.8, 4) is 0 Å². The number of hydrogen-bond donors (Lipinski definition) is 3. The minimum Gasteiger partial charge on any atom is -0.388 e. The molecular formula is C7H12N4O2S. The van der Waals surface area contributed by atoms with Crippen molar-refractivity contribution >= 4 is 18.1 Å². The van der Waals surface area contributed by atoms with Crippen LogP contribution < -0.4 is 5.32 Å². The summed E-state index contributed by atoms with van der Waals surface area (Å²) < 4.78 is 2.09. The van der Waals surface area contributed by atoms with Crippen molar-refractivity contribution in [3.05, 3.63) is 10.6 Å². The molecule has 0 unspecified atom stereocenters. The van der Waals surface area contributed by atoms with Crippen LogP contribution in [-0.4, -0.2) is 32.3 Å². The first-order valence-electron chi connectivity index (χ1n) is 4.14. The molecule has 1 aromatic rings. The van der Waals surface area contributed by atoms with Gasteiger partial charge in [-0.05, 0) is 12.2 Å². The molecule has 1 amide bonds. The van der Waals surface area contributed by atoms with Crippen LogP contribution in [0.2, 0.25) is 0 Å². The van der Waals surface area contributed by atoms with E-state index in [0.29, 0.717) is 23.7 Å². The summed E-state index contributed by atoms with van der Waals surface area (Å²) in [4.78, 5) is 10.6. The smallest absolute Gasteiger partial charge is 0.216 e. The topological polar surface area (TPSA) is 82.9 Å². The molecule has 0 atom stereocenters. The van der Waals surface area contributed by atoms with Gasteiger partial charge in [0, 0.05) is 20.0 Å². The summed E-state index contributed by atoms with van der Waals surface area (Å²) in [5.41, 5.74) is 0. The summed E-state index contributed by atoms with van der Waals surface area (Å²) in [6, 6.07) is 0. The van der Waals surface area contributed by atoms with E-state index in [2.05, 4.69) is 15.5 Å². The highest BCUT2D eigenvalue weighted by Gasteiger charge is 2.03. The molecule has 6 nitrogen and oxygen atoms in total. The summed E-state index contributed by atoms with van der Waals surface area (Å²) in [5.74, 6) is 0.380. The maximum absolute atomic E-state index is 10.6. The van der Waals surface area contributed by atoms with Crippen LogP contribution in [0.5, 0.6) is 0 Å². The molecule has 0 aliphatic carbocycles. The number of nitrogens with zero attached hydrogens (tertiary/aromatic N) is 2. The second-order valence-corrected chi connectivity index (χ2v) is 3.12. The van der Waals surface area contributed by atoms with Gasteiger partial charge in [-0.2, -0.15) is 5.10 Å². The molecule has 78 valence electrons. The molecule has 14 heavy (non-hydrogen) atoms. The summed E-state index contributed by atoms with van der Waals surface area (Å²) in [7, 11) is 0. The van der Waals surface area contributed by atoms with E-state index < -0.39 is 0 Å². The molecule has 0 bridgehead atoms. The van der Waals surface area contributed by atoms with Gasteiger partial charge in [0.15, 0.2) is 10.6 Å². The number of aliphatic hydroxyl groups is 1. The van der Waals surface area contributed by atoms with Gasteiger partial charge in [-0.1, -0.05) is 0 Å². The summed E-state index contributed by atoms with van der Waals surface area (Å²) >= 11 is 4.94. The lowest BCUT2D eigenvalue weighted by Crippen LogP contribution is -2.25. The van der Waals surface area contributed by atoms with Crippen molar-refractivity contribution in [1.82, 2.24) is 20.1 Å². The third kappa shape index (κ3) is 2.64. The molecule has 3 N–H and O–H groups in total. The Morgan fingerprint density at radius 1 is 1.79 bits per heavy atom. The van der Waals surface area contributed by atoms with Crippen LogP contribution in [0.15, 0.2) is 0 Å². The van der Waals surface area contributed by atoms with Crippen molar-refractivity contribution in [1.29, 1.82) is 0 Å². The molecule has 0 saturated heterocycles. The normalized spacial score (nSPS) is 10.1. The number of H-pyrrole nitrogens is 1. The van der Waals surface area contributed by atoms with Crippen molar-refractivity contribution in [2.45, 2.75) is 20.1 Å². The highest BCUT2D eigenvalue weighted by atomic mass is 32.1. The lowest BCUT2D eigenvalue weighted by Gasteiger charge is -2.04. The number of nitrogens with one attached hydrogen (secondary N) is 2. The number of aromatic nitrogens is 3. The average Bonchev–Trinajstić information content (AvgIpc) is 2.47. The molecule has 7 heteroatoms. The van der Waals surface area contributed by atoms with E-state index in [4.69, 9.17) is 17.3 Å². The van der Waals surface area contributed by atoms with Crippen LogP contribution in [0.4, 0.5) is 0 Å². The van der Waals surface area contributed by atoms with E-state index in [1.807, 2.05) is 0 Å². The number of hydrogen-bond acceptors (Lipinski definition) is 4. The van der Waals surface area contributed by atoms with Gasteiger partial charge in [-0.15, -0.1) is 0 Å². The molecule has 0 saturated carbocycles. The first-order chi connectivity index (χ1) is 6.65. The Morgan fingerprint density at radius 3 is 3.07 bits per heavy atom. The quantitative estimate of drug-likeness (QED) is 0.596. The van der Waals surface area contributed by atoms with E-state index in [1.54, 1.807) is 4.57 Å². The van der Waals surface area contributed by atoms with Gasteiger partial charge in [0.2, 0.25) is 5.91 Å². The van der Waals surface area contributed by atoms with Gasteiger partial charge in [-0.25, -0.2) is 0 Å². The number of carbonyl (C=O) groups is 1. The Balaban J connectivity index is 2.61. The highest BCUT2D eigenvalue weighted by Crippen LogP contribution is 1.96. The lowest BCUT2D eigenvalue weighted by molar-refractivity contribution is -0.118. The van der Waals surface area contributed by atoms with Crippen molar-refractivity contribution in [3.63, 3.8) is 0 Å². The maximum atomic E-state index is 10.6. The number of aliphatic hydroxyl groups excluding tert-OH is 1. The molecule has 0 radical (unpaired) electrons. The summed E-state index contributed by atoms with van der Waals surface area (Å²) in [6.07, 6.45) is 0. The second kappa shape index (κ2) is 4.87. The lowest BCUT2D eigenvalue weighted by atomic mass is 10.5. The van der Waals surface area contributed by atoms with Crippen molar-refractivity contribution < 1.29 is 9.90 Å². The Kier molecular flexibility index (Phi) is 3.78. The van der Waals surface area contributed by atoms with E-state index >= 15 is 0 Å². The van der Waals surface area contributed by atoms with Crippen LogP contribution >= 0.6 is 12.2 Å². The highest BCUT2D eigenvalue weighted by molar-refractivity contribution is 7.71. The fourth-order valence-corrected chi connectivity index (χ4v) is 1.29. The monoisotopic (exact) mass is 216 g/mol. The minimum atomic E-state index is -0.173. The molecule has 1 heterocycles. The van der Waals surface area contributed by atoms with Crippen LogP contribution in [0.3, 0.4) is 0 Å². The Labute approximate surface area is 85.9 Å². The third-order valence-electron chi connectivity index (χ3n) is 1.69.